The molecule has 6 heteroatoms. The first kappa shape index (κ1) is 13.8. The third kappa shape index (κ3) is 10.7. The molecule has 0 radical (unpaired) electrons. The molecule has 0 spiro atoms. The fraction of sp³-hybridized carbons (Fsp3) is 0.667. The topological polar surface area (TPSA) is 38.3 Å². The lowest BCUT2D eigenvalue weighted by Crippen LogP contribution is -2.30. The predicted octanol–water partition coefficient (Wildman–Crippen LogP) is 1.09. The molecule has 0 aliphatic rings. The van der Waals surface area contributed by atoms with Crippen LogP contribution in [0.1, 0.15) is 12.8 Å². The molecule has 0 bridgehead atoms. The van der Waals surface area contributed by atoms with E-state index in [0.717, 1.165) is 0 Å². The lowest BCUT2D eigenvalue weighted by Gasteiger charge is -2.07. The fourth-order valence-corrected chi connectivity index (χ4v) is 0.729. The second kappa shape index (κ2) is 7.12. The Labute approximate surface area is 86.0 Å². The molecule has 0 aliphatic carbocycles. The van der Waals surface area contributed by atoms with Crippen LogP contribution in [0, 0.1) is 12.3 Å². The number of ether oxygens (including phenoxy) is 1. The van der Waals surface area contributed by atoms with Crippen LogP contribution in [0.5, 0.6) is 0 Å². The highest BCUT2D eigenvalue weighted by molar-refractivity contribution is 5.77. The molecule has 0 heterocycles. The highest BCUT2D eigenvalue weighted by Gasteiger charge is 2.27. The zero-order valence-corrected chi connectivity index (χ0v) is 8.06. The Balaban J connectivity index is 3.39. The molecule has 0 aromatic heterocycles. The van der Waals surface area contributed by atoms with Crippen molar-refractivity contribution < 1.29 is 22.7 Å². The zero-order valence-electron chi connectivity index (χ0n) is 8.06. The van der Waals surface area contributed by atoms with E-state index < -0.39 is 25.3 Å². The van der Waals surface area contributed by atoms with E-state index in [2.05, 4.69) is 16.0 Å². The van der Waals surface area contributed by atoms with Gasteiger partial charge in [0, 0.05) is 13.0 Å². The Hall–Kier alpha value is -1.22. The van der Waals surface area contributed by atoms with Gasteiger partial charge in [-0.3, -0.25) is 4.79 Å². The molecule has 0 rings (SSSR count). The minimum atomic E-state index is -4.40. The molecular formula is C9H12F3NO2. The smallest absolute Gasteiger partial charge is 0.362 e. The first-order valence-electron chi connectivity index (χ1n) is 4.30. The normalized spacial score (nSPS) is 10.8. The number of carbonyl (C=O) groups excluding carboxylic acids is 1. The Morgan fingerprint density at radius 1 is 1.47 bits per heavy atom. The van der Waals surface area contributed by atoms with Crippen LogP contribution in [-0.2, 0) is 9.53 Å². The van der Waals surface area contributed by atoms with Crippen LogP contribution in [0.4, 0.5) is 13.2 Å². The third-order valence-electron chi connectivity index (χ3n) is 1.32. The van der Waals surface area contributed by atoms with Crippen molar-refractivity contribution in [2.45, 2.75) is 19.0 Å². The minimum absolute atomic E-state index is 0.346. The quantitative estimate of drug-likeness (QED) is 0.540. The molecule has 86 valence electrons. The van der Waals surface area contributed by atoms with E-state index in [1.807, 2.05) is 0 Å². The predicted molar refractivity (Wildman–Crippen MR) is 48.0 cm³/mol. The number of halogens is 3. The molecule has 0 saturated heterocycles. The SMILES string of the molecule is C#CCCCNC(=O)COCC(F)(F)F. The average Bonchev–Trinajstić information content (AvgIpc) is 2.10. The Bertz CT molecular complexity index is 232. The summed E-state index contributed by atoms with van der Waals surface area (Å²) in [6.07, 6.45) is 1.68. The van der Waals surface area contributed by atoms with E-state index >= 15 is 0 Å². The first-order valence-corrected chi connectivity index (χ1v) is 4.30. The third-order valence-corrected chi connectivity index (χ3v) is 1.32. The van der Waals surface area contributed by atoms with E-state index in [1.54, 1.807) is 0 Å². The van der Waals surface area contributed by atoms with Gasteiger partial charge in [-0.15, -0.1) is 12.3 Å². The maximum Gasteiger partial charge on any atom is 0.411 e. The monoisotopic (exact) mass is 223 g/mol. The van der Waals surface area contributed by atoms with Crippen LogP contribution in [0.2, 0.25) is 0 Å². The summed E-state index contributed by atoms with van der Waals surface area (Å²) >= 11 is 0. The average molecular weight is 223 g/mol. The number of amides is 1. The Morgan fingerprint density at radius 3 is 2.67 bits per heavy atom. The van der Waals surface area contributed by atoms with Gasteiger partial charge in [0.25, 0.3) is 0 Å². The number of hydrogen-bond donors (Lipinski definition) is 1. The second-order valence-electron chi connectivity index (χ2n) is 2.77. The van der Waals surface area contributed by atoms with Crippen LogP contribution in [-0.4, -0.2) is 31.8 Å². The minimum Gasteiger partial charge on any atom is -0.362 e. The summed E-state index contributed by atoms with van der Waals surface area (Å²) in [5.41, 5.74) is 0. The summed E-state index contributed by atoms with van der Waals surface area (Å²) in [6, 6.07) is 0. The summed E-state index contributed by atoms with van der Waals surface area (Å²) < 4.78 is 38.9. The van der Waals surface area contributed by atoms with Crippen molar-refractivity contribution in [2.24, 2.45) is 0 Å². The summed E-state index contributed by atoms with van der Waals surface area (Å²) in [5.74, 6) is 1.80. The van der Waals surface area contributed by atoms with Gasteiger partial charge >= 0.3 is 6.18 Å². The standard InChI is InChI=1S/C9H12F3NO2/c1-2-3-4-5-13-8(14)6-15-7-9(10,11)12/h1H,3-7H2,(H,13,14). The van der Waals surface area contributed by atoms with E-state index in [1.165, 1.54) is 0 Å². The summed E-state index contributed by atoms with van der Waals surface area (Å²) in [5, 5.41) is 2.38. The van der Waals surface area contributed by atoms with Crippen molar-refractivity contribution in [3.63, 3.8) is 0 Å². The molecule has 0 saturated carbocycles. The summed E-state index contributed by atoms with van der Waals surface area (Å²) in [6.45, 7) is -1.65. The van der Waals surface area contributed by atoms with Crippen molar-refractivity contribution in [1.82, 2.24) is 5.32 Å². The first-order chi connectivity index (χ1) is 6.95. The van der Waals surface area contributed by atoms with E-state index in [0.29, 0.717) is 19.4 Å². The van der Waals surface area contributed by atoms with Crippen LogP contribution in [0.3, 0.4) is 0 Å². The largest absolute Gasteiger partial charge is 0.411 e. The highest BCUT2D eigenvalue weighted by atomic mass is 19.4. The van der Waals surface area contributed by atoms with Crippen molar-refractivity contribution in [1.29, 1.82) is 0 Å². The highest BCUT2D eigenvalue weighted by Crippen LogP contribution is 2.13. The molecule has 1 N–H and O–H groups in total. The van der Waals surface area contributed by atoms with Gasteiger partial charge in [-0.05, 0) is 6.42 Å². The number of unbranched alkanes of at least 4 members (excludes halogenated alkanes) is 1. The number of hydrogen-bond acceptors (Lipinski definition) is 2. The molecule has 3 nitrogen and oxygen atoms in total. The number of carbonyl (C=O) groups is 1. The summed E-state index contributed by atoms with van der Waals surface area (Å²) in [4.78, 5) is 10.8. The molecular weight excluding hydrogens is 211 g/mol. The maximum atomic E-state index is 11.6. The van der Waals surface area contributed by atoms with Crippen molar-refractivity contribution in [3.05, 3.63) is 0 Å². The molecule has 15 heavy (non-hydrogen) atoms. The molecule has 0 unspecified atom stereocenters. The van der Waals surface area contributed by atoms with Crippen LogP contribution < -0.4 is 5.32 Å². The van der Waals surface area contributed by atoms with Crippen LogP contribution in [0.25, 0.3) is 0 Å². The Morgan fingerprint density at radius 2 is 2.13 bits per heavy atom. The zero-order chi connectivity index (χ0) is 11.7. The van der Waals surface area contributed by atoms with Gasteiger partial charge in [-0.25, -0.2) is 0 Å². The van der Waals surface area contributed by atoms with Gasteiger partial charge in [-0.1, -0.05) is 0 Å². The number of nitrogens with one attached hydrogen (secondary N) is 1. The molecule has 0 aliphatic heterocycles. The fourth-order valence-electron chi connectivity index (χ4n) is 0.729. The van der Waals surface area contributed by atoms with Gasteiger partial charge in [0.2, 0.25) is 5.91 Å². The lowest BCUT2D eigenvalue weighted by molar-refractivity contribution is -0.175. The van der Waals surface area contributed by atoms with Gasteiger partial charge < -0.3 is 10.1 Å². The van der Waals surface area contributed by atoms with Crippen molar-refractivity contribution in [3.8, 4) is 12.3 Å². The van der Waals surface area contributed by atoms with E-state index in [-0.39, 0.29) is 0 Å². The number of rotatable bonds is 6. The van der Waals surface area contributed by atoms with Gasteiger partial charge in [0.15, 0.2) is 0 Å². The van der Waals surface area contributed by atoms with Gasteiger partial charge in [0.1, 0.15) is 13.2 Å². The van der Waals surface area contributed by atoms with Crippen molar-refractivity contribution >= 4 is 5.91 Å². The second-order valence-corrected chi connectivity index (χ2v) is 2.77. The molecule has 0 atom stereocenters. The molecule has 0 fully saturated rings. The molecule has 0 aromatic rings. The molecule has 0 aromatic carbocycles. The van der Waals surface area contributed by atoms with E-state index in [4.69, 9.17) is 6.42 Å². The number of terminal acetylenes is 1. The van der Waals surface area contributed by atoms with Crippen LogP contribution >= 0.6 is 0 Å². The van der Waals surface area contributed by atoms with Crippen LogP contribution in [0.15, 0.2) is 0 Å². The number of alkyl halides is 3. The summed E-state index contributed by atoms with van der Waals surface area (Å²) in [7, 11) is 0. The Kier molecular flexibility index (Phi) is 6.54. The maximum absolute atomic E-state index is 11.6. The van der Waals surface area contributed by atoms with E-state index in [9.17, 15) is 18.0 Å². The molecule has 1 amide bonds. The lowest BCUT2D eigenvalue weighted by atomic mass is 10.3. The van der Waals surface area contributed by atoms with Gasteiger partial charge in [0.05, 0.1) is 0 Å². The van der Waals surface area contributed by atoms with Crippen molar-refractivity contribution in [2.75, 3.05) is 19.8 Å². The van der Waals surface area contributed by atoms with Gasteiger partial charge in [-0.2, -0.15) is 13.2 Å².